The van der Waals surface area contributed by atoms with E-state index in [1.807, 2.05) is 20.8 Å². The highest BCUT2D eigenvalue weighted by atomic mass is 35.5. The molecule has 0 bridgehead atoms. The number of alkyl halides is 1. The SMILES string of the molecule is Cc1cc(NCCCCCCCl)ccc1N1CCN(C(=O)OC(C)(C)C)CC1. The van der Waals surface area contributed by atoms with Gasteiger partial charge >= 0.3 is 6.09 Å². The predicted octanol–water partition coefficient (Wildman–Crippen LogP) is 5.26. The standard InChI is InChI=1S/C22H36ClN3O2/c1-18-17-19(24-12-8-6-5-7-11-23)9-10-20(18)25-13-15-26(16-14-25)21(27)28-22(2,3)4/h9-10,17,24H,5-8,11-16H2,1-4H3. The maximum absolute atomic E-state index is 12.2. The van der Waals surface area contributed by atoms with E-state index in [4.69, 9.17) is 16.3 Å². The largest absolute Gasteiger partial charge is 0.444 e. The lowest BCUT2D eigenvalue weighted by Crippen LogP contribution is -2.50. The van der Waals surface area contributed by atoms with Gasteiger partial charge in [-0.3, -0.25) is 0 Å². The Labute approximate surface area is 175 Å². The van der Waals surface area contributed by atoms with E-state index >= 15 is 0 Å². The Morgan fingerprint density at radius 3 is 2.39 bits per heavy atom. The Morgan fingerprint density at radius 2 is 1.79 bits per heavy atom. The Bertz CT molecular complexity index is 623. The van der Waals surface area contributed by atoms with Gasteiger partial charge in [0, 0.05) is 50.0 Å². The summed E-state index contributed by atoms with van der Waals surface area (Å²) in [7, 11) is 0. The molecule has 0 aromatic heterocycles. The van der Waals surface area contributed by atoms with Crippen molar-refractivity contribution in [2.45, 2.75) is 59.0 Å². The Kier molecular flexibility index (Phi) is 8.74. The summed E-state index contributed by atoms with van der Waals surface area (Å²) >= 11 is 5.71. The van der Waals surface area contributed by atoms with Crippen LogP contribution in [0.4, 0.5) is 16.2 Å². The van der Waals surface area contributed by atoms with Crippen LogP contribution in [0.2, 0.25) is 0 Å². The van der Waals surface area contributed by atoms with Gasteiger partial charge in [-0.05, 0) is 64.3 Å². The van der Waals surface area contributed by atoms with Crippen LogP contribution >= 0.6 is 11.6 Å². The number of carbonyl (C=O) groups excluding carboxylic acids is 1. The third-order valence-electron chi connectivity index (χ3n) is 4.86. The lowest BCUT2D eigenvalue weighted by molar-refractivity contribution is 0.0240. The number of benzene rings is 1. The molecular formula is C22H36ClN3O2. The molecule has 28 heavy (non-hydrogen) atoms. The average molecular weight is 410 g/mol. The van der Waals surface area contributed by atoms with E-state index in [1.165, 1.54) is 36.2 Å². The van der Waals surface area contributed by atoms with Crippen molar-refractivity contribution in [3.05, 3.63) is 23.8 Å². The summed E-state index contributed by atoms with van der Waals surface area (Å²) in [5, 5.41) is 3.52. The molecule has 0 aliphatic carbocycles. The van der Waals surface area contributed by atoms with Gasteiger partial charge in [0.05, 0.1) is 0 Å². The molecule has 5 nitrogen and oxygen atoms in total. The van der Waals surface area contributed by atoms with Crippen LogP contribution in [0.1, 0.15) is 52.0 Å². The van der Waals surface area contributed by atoms with Crippen LogP contribution in [0, 0.1) is 6.92 Å². The van der Waals surface area contributed by atoms with Gasteiger partial charge < -0.3 is 19.9 Å². The first kappa shape index (κ1) is 22.7. The normalized spacial score (nSPS) is 14.9. The highest BCUT2D eigenvalue weighted by Crippen LogP contribution is 2.25. The zero-order chi connectivity index (χ0) is 20.6. The third-order valence-corrected chi connectivity index (χ3v) is 5.13. The molecule has 0 saturated carbocycles. The third kappa shape index (κ3) is 7.42. The Morgan fingerprint density at radius 1 is 1.11 bits per heavy atom. The second kappa shape index (κ2) is 10.8. The Balaban J connectivity index is 1.80. The van der Waals surface area contributed by atoms with E-state index in [1.54, 1.807) is 4.90 Å². The maximum Gasteiger partial charge on any atom is 0.410 e. The topological polar surface area (TPSA) is 44.8 Å². The molecule has 0 atom stereocenters. The Hall–Kier alpha value is -1.62. The number of hydrogen-bond acceptors (Lipinski definition) is 4. The number of anilines is 2. The smallest absolute Gasteiger partial charge is 0.410 e. The van der Waals surface area contributed by atoms with Crippen molar-refractivity contribution in [1.29, 1.82) is 0 Å². The minimum absolute atomic E-state index is 0.213. The van der Waals surface area contributed by atoms with Gasteiger partial charge in [0.2, 0.25) is 0 Å². The molecule has 1 aromatic carbocycles. The summed E-state index contributed by atoms with van der Waals surface area (Å²) in [4.78, 5) is 16.4. The molecule has 158 valence electrons. The maximum atomic E-state index is 12.2. The lowest BCUT2D eigenvalue weighted by Gasteiger charge is -2.37. The molecule has 1 aliphatic heterocycles. The van der Waals surface area contributed by atoms with Gasteiger partial charge in [0.25, 0.3) is 0 Å². The van der Waals surface area contributed by atoms with E-state index in [9.17, 15) is 4.79 Å². The number of unbranched alkanes of at least 4 members (excludes halogenated alkanes) is 3. The van der Waals surface area contributed by atoms with E-state index in [0.29, 0.717) is 13.1 Å². The summed E-state index contributed by atoms with van der Waals surface area (Å²) in [6, 6.07) is 6.56. The highest BCUT2D eigenvalue weighted by Gasteiger charge is 2.26. The number of hydrogen-bond donors (Lipinski definition) is 1. The fourth-order valence-corrected chi connectivity index (χ4v) is 3.57. The molecule has 1 fully saturated rings. The second-order valence-electron chi connectivity index (χ2n) is 8.49. The summed E-state index contributed by atoms with van der Waals surface area (Å²) in [5.74, 6) is 0.764. The highest BCUT2D eigenvalue weighted by molar-refractivity contribution is 6.17. The van der Waals surface area contributed by atoms with Crippen molar-refractivity contribution in [1.82, 2.24) is 4.90 Å². The summed E-state index contributed by atoms with van der Waals surface area (Å²) in [5.41, 5.74) is 3.23. The monoisotopic (exact) mass is 409 g/mol. The molecule has 6 heteroatoms. The van der Waals surface area contributed by atoms with Crippen LogP contribution in [-0.4, -0.2) is 55.2 Å². The number of ether oxygens (including phenoxy) is 1. The van der Waals surface area contributed by atoms with Gasteiger partial charge in [-0.15, -0.1) is 11.6 Å². The first-order valence-electron chi connectivity index (χ1n) is 10.4. The van der Waals surface area contributed by atoms with E-state index < -0.39 is 5.60 Å². The van der Waals surface area contributed by atoms with Crippen LogP contribution < -0.4 is 10.2 Å². The molecule has 0 spiro atoms. The van der Waals surface area contributed by atoms with Crippen molar-refractivity contribution in [3.8, 4) is 0 Å². The van der Waals surface area contributed by atoms with Crippen molar-refractivity contribution in [2.24, 2.45) is 0 Å². The quantitative estimate of drug-likeness (QED) is 0.469. The molecular weight excluding hydrogens is 374 g/mol. The number of piperazine rings is 1. The van der Waals surface area contributed by atoms with Crippen LogP contribution in [0.25, 0.3) is 0 Å². The number of nitrogens with zero attached hydrogens (tertiary/aromatic N) is 2. The number of rotatable bonds is 8. The van der Waals surface area contributed by atoms with Gasteiger partial charge in [-0.1, -0.05) is 12.8 Å². The van der Waals surface area contributed by atoms with Gasteiger partial charge in [0.1, 0.15) is 5.60 Å². The van der Waals surface area contributed by atoms with Crippen LogP contribution in [0.3, 0.4) is 0 Å². The molecule has 1 saturated heterocycles. The first-order chi connectivity index (χ1) is 13.3. The van der Waals surface area contributed by atoms with Crippen molar-refractivity contribution >= 4 is 29.1 Å². The fraction of sp³-hybridized carbons (Fsp3) is 0.682. The van der Waals surface area contributed by atoms with Gasteiger partial charge in [-0.2, -0.15) is 0 Å². The molecule has 1 aliphatic rings. The molecule has 1 amide bonds. The van der Waals surface area contributed by atoms with Crippen LogP contribution in [-0.2, 0) is 4.74 Å². The van der Waals surface area contributed by atoms with Crippen molar-refractivity contribution < 1.29 is 9.53 Å². The summed E-state index contributed by atoms with van der Waals surface area (Å²) < 4.78 is 5.48. The molecule has 0 radical (unpaired) electrons. The van der Waals surface area contributed by atoms with Crippen LogP contribution in [0.5, 0.6) is 0 Å². The molecule has 0 unspecified atom stereocenters. The van der Waals surface area contributed by atoms with Crippen molar-refractivity contribution in [2.75, 3.05) is 48.8 Å². The average Bonchev–Trinajstić information content (AvgIpc) is 2.63. The zero-order valence-electron chi connectivity index (χ0n) is 17.9. The van der Waals surface area contributed by atoms with E-state index in [0.717, 1.165) is 31.9 Å². The zero-order valence-corrected chi connectivity index (χ0v) is 18.6. The molecule has 1 heterocycles. The minimum atomic E-state index is -0.447. The molecule has 1 aromatic rings. The first-order valence-corrected chi connectivity index (χ1v) is 11.0. The van der Waals surface area contributed by atoms with Crippen molar-refractivity contribution in [3.63, 3.8) is 0 Å². The summed E-state index contributed by atoms with van der Waals surface area (Å²) in [6.45, 7) is 11.9. The summed E-state index contributed by atoms with van der Waals surface area (Å²) in [6.07, 6.45) is 4.49. The van der Waals surface area contributed by atoms with Gasteiger partial charge in [-0.25, -0.2) is 4.79 Å². The minimum Gasteiger partial charge on any atom is -0.444 e. The lowest BCUT2D eigenvalue weighted by atomic mass is 10.1. The molecule has 2 rings (SSSR count). The fourth-order valence-electron chi connectivity index (χ4n) is 3.38. The number of aryl methyl sites for hydroxylation is 1. The predicted molar refractivity (Wildman–Crippen MR) is 119 cm³/mol. The molecule has 1 N–H and O–H groups in total. The number of halogens is 1. The van der Waals surface area contributed by atoms with Crippen LogP contribution in [0.15, 0.2) is 18.2 Å². The number of amides is 1. The number of carbonyl (C=O) groups is 1. The van der Waals surface area contributed by atoms with E-state index in [2.05, 4.69) is 35.3 Å². The van der Waals surface area contributed by atoms with E-state index in [-0.39, 0.29) is 6.09 Å². The number of nitrogens with one attached hydrogen (secondary N) is 1. The van der Waals surface area contributed by atoms with Gasteiger partial charge in [0.15, 0.2) is 0 Å². The second-order valence-corrected chi connectivity index (χ2v) is 8.86.